The van der Waals surface area contributed by atoms with Gasteiger partial charge in [-0.25, -0.2) is 13.4 Å². The molecule has 2 N–H and O–H groups in total. The van der Waals surface area contributed by atoms with E-state index in [4.69, 9.17) is 11.6 Å². The highest BCUT2D eigenvalue weighted by atomic mass is 35.5. The van der Waals surface area contributed by atoms with E-state index in [9.17, 15) is 13.2 Å². The van der Waals surface area contributed by atoms with Crippen molar-refractivity contribution in [2.24, 2.45) is 0 Å². The standard InChI is InChI=1S/C20H22ClN5O3S2/c1-15-23-20(25-24-15)30-12-11-22-19(27)14-26(13-16-5-3-2-4-6-16)31(28,29)18-9-7-17(21)8-10-18/h2-10H,11-14H2,1H3,(H,22,27)(H,23,24,25). The molecule has 0 spiro atoms. The van der Waals surface area contributed by atoms with E-state index in [0.717, 1.165) is 15.7 Å². The third-order valence-electron chi connectivity index (χ3n) is 4.21. The van der Waals surface area contributed by atoms with Gasteiger partial charge in [-0.15, -0.1) is 5.10 Å². The highest BCUT2D eigenvalue weighted by molar-refractivity contribution is 7.99. The lowest BCUT2D eigenvalue weighted by molar-refractivity contribution is -0.121. The smallest absolute Gasteiger partial charge is 0.243 e. The Morgan fingerprint density at radius 1 is 1.16 bits per heavy atom. The van der Waals surface area contributed by atoms with Crippen molar-refractivity contribution in [3.05, 3.63) is 71.0 Å². The molecule has 31 heavy (non-hydrogen) atoms. The van der Waals surface area contributed by atoms with Crippen molar-refractivity contribution in [1.82, 2.24) is 24.8 Å². The van der Waals surface area contributed by atoms with E-state index < -0.39 is 10.0 Å². The molecule has 0 aliphatic rings. The number of carbonyl (C=O) groups is 1. The van der Waals surface area contributed by atoms with Crippen LogP contribution in [0, 0.1) is 6.92 Å². The summed E-state index contributed by atoms with van der Waals surface area (Å²) >= 11 is 7.28. The summed E-state index contributed by atoms with van der Waals surface area (Å²) in [6.45, 7) is 1.94. The molecule has 0 bridgehead atoms. The van der Waals surface area contributed by atoms with Crippen molar-refractivity contribution in [2.45, 2.75) is 23.5 Å². The lowest BCUT2D eigenvalue weighted by Gasteiger charge is -2.22. The van der Waals surface area contributed by atoms with Crippen LogP contribution in [-0.2, 0) is 21.4 Å². The number of aromatic nitrogens is 3. The lowest BCUT2D eigenvalue weighted by atomic mass is 10.2. The van der Waals surface area contributed by atoms with Crippen LogP contribution >= 0.6 is 23.4 Å². The van der Waals surface area contributed by atoms with Gasteiger partial charge in [-0.3, -0.25) is 9.89 Å². The minimum atomic E-state index is -3.90. The maximum atomic E-state index is 13.2. The molecule has 0 atom stereocenters. The second kappa shape index (κ2) is 10.8. The van der Waals surface area contributed by atoms with Crippen molar-refractivity contribution in [3.8, 4) is 0 Å². The molecule has 0 fully saturated rings. The zero-order chi connectivity index (χ0) is 22.3. The maximum Gasteiger partial charge on any atom is 0.243 e. The quantitative estimate of drug-likeness (QED) is 0.342. The van der Waals surface area contributed by atoms with Gasteiger partial charge in [0.25, 0.3) is 0 Å². The van der Waals surface area contributed by atoms with E-state index in [2.05, 4.69) is 20.5 Å². The summed E-state index contributed by atoms with van der Waals surface area (Å²) in [5.74, 6) is 0.891. The van der Waals surface area contributed by atoms with Gasteiger partial charge >= 0.3 is 0 Å². The van der Waals surface area contributed by atoms with Gasteiger partial charge in [0.15, 0.2) is 0 Å². The summed E-state index contributed by atoms with van der Waals surface area (Å²) in [5.41, 5.74) is 0.781. The van der Waals surface area contributed by atoms with E-state index in [1.807, 2.05) is 30.3 Å². The molecule has 0 aliphatic heterocycles. The van der Waals surface area contributed by atoms with E-state index >= 15 is 0 Å². The first kappa shape index (κ1) is 23.3. The molecule has 0 saturated heterocycles. The Labute approximate surface area is 190 Å². The number of benzene rings is 2. The highest BCUT2D eigenvalue weighted by Gasteiger charge is 2.26. The SMILES string of the molecule is Cc1nc(SCCNC(=O)CN(Cc2ccccc2)S(=O)(=O)c2ccc(Cl)cc2)n[nH]1. The molecule has 2 aromatic carbocycles. The Morgan fingerprint density at radius 3 is 2.52 bits per heavy atom. The number of nitrogens with zero attached hydrogens (tertiary/aromatic N) is 3. The number of halogens is 1. The summed E-state index contributed by atoms with van der Waals surface area (Å²) < 4.78 is 27.5. The number of sulfonamides is 1. The first-order valence-corrected chi connectivity index (χ1v) is 12.2. The number of hydrogen-bond donors (Lipinski definition) is 2. The Hall–Kier alpha value is -2.40. The number of aryl methyl sites for hydroxylation is 1. The zero-order valence-corrected chi connectivity index (χ0v) is 19.2. The van der Waals surface area contributed by atoms with Crippen LogP contribution in [0.25, 0.3) is 0 Å². The van der Waals surface area contributed by atoms with E-state index in [1.165, 1.54) is 36.0 Å². The van der Waals surface area contributed by atoms with Gasteiger partial charge in [-0.1, -0.05) is 53.7 Å². The highest BCUT2D eigenvalue weighted by Crippen LogP contribution is 2.20. The number of nitrogens with one attached hydrogen (secondary N) is 2. The number of rotatable bonds is 10. The zero-order valence-electron chi connectivity index (χ0n) is 16.8. The summed E-state index contributed by atoms with van der Waals surface area (Å²) in [6, 6.07) is 15.0. The van der Waals surface area contributed by atoms with E-state index in [-0.39, 0.29) is 23.9 Å². The third kappa shape index (κ3) is 6.79. The minimum Gasteiger partial charge on any atom is -0.354 e. The summed E-state index contributed by atoms with van der Waals surface area (Å²) in [4.78, 5) is 16.8. The van der Waals surface area contributed by atoms with Gasteiger partial charge in [0.2, 0.25) is 21.1 Å². The van der Waals surface area contributed by atoms with Gasteiger partial charge < -0.3 is 5.32 Å². The van der Waals surface area contributed by atoms with Crippen molar-refractivity contribution >= 4 is 39.3 Å². The molecule has 3 aromatic rings. The van der Waals surface area contributed by atoms with Gasteiger partial charge in [0.1, 0.15) is 5.82 Å². The minimum absolute atomic E-state index is 0.0738. The van der Waals surface area contributed by atoms with Crippen LogP contribution < -0.4 is 5.32 Å². The molecule has 0 aliphatic carbocycles. The molecule has 3 rings (SSSR count). The van der Waals surface area contributed by atoms with E-state index in [1.54, 1.807) is 6.92 Å². The Balaban J connectivity index is 1.65. The first-order valence-electron chi connectivity index (χ1n) is 9.43. The van der Waals surface area contributed by atoms with Crippen molar-refractivity contribution in [2.75, 3.05) is 18.8 Å². The normalized spacial score (nSPS) is 11.6. The molecule has 1 amide bonds. The number of hydrogen-bond acceptors (Lipinski definition) is 6. The molecule has 11 heteroatoms. The maximum absolute atomic E-state index is 13.2. The predicted molar refractivity (Wildman–Crippen MR) is 120 cm³/mol. The Morgan fingerprint density at radius 2 is 1.87 bits per heavy atom. The van der Waals surface area contributed by atoms with Crippen molar-refractivity contribution < 1.29 is 13.2 Å². The Bertz CT molecular complexity index is 1110. The van der Waals surface area contributed by atoms with Crippen LogP contribution in [0.1, 0.15) is 11.4 Å². The van der Waals surface area contributed by atoms with Gasteiger partial charge in [0, 0.05) is 23.9 Å². The molecule has 1 heterocycles. The number of H-pyrrole nitrogens is 1. The monoisotopic (exact) mass is 479 g/mol. The number of amides is 1. The average Bonchev–Trinajstić information content (AvgIpc) is 3.17. The largest absolute Gasteiger partial charge is 0.354 e. The van der Waals surface area contributed by atoms with Crippen LogP contribution in [0.5, 0.6) is 0 Å². The molecule has 1 aromatic heterocycles. The first-order chi connectivity index (χ1) is 14.8. The summed E-state index contributed by atoms with van der Waals surface area (Å²) in [5, 5.41) is 10.6. The van der Waals surface area contributed by atoms with Gasteiger partial charge in [-0.05, 0) is 36.8 Å². The van der Waals surface area contributed by atoms with E-state index in [0.29, 0.717) is 22.5 Å². The van der Waals surface area contributed by atoms with Crippen LogP contribution in [0.15, 0.2) is 64.6 Å². The fourth-order valence-corrected chi connectivity index (χ4v) is 4.91. The molecule has 0 unspecified atom stereocenters. The molecule has 164 valence electrons. The fraction of sp³-hybridized carbons (Fsp3) is 0.250. The Kier molecular flexibility index (Phi) is 8.08. The summed E-state index contributed by atoms with van der Waals surface area (Å²) in [6.07, 6.45) is 0. The molecular weight excluding hydrogens is 458 g/mol. The molecular formula is C20H22ClN5O3S2. The average molecular weight is 480 g/mol. The predicted octanol–water partition coefficient (Wildman–Crippen LogP) is 2.87. The summed E-state index contributed by atoms with van der Waals surface area (Å²) in [7, 11) is -3.90. The van der Waals surface area contributed by atoms with Gasteiger partial charge in [0.05, 0.1) is 11.4 Å². The van der Waals surface area contributed by atoms with Crippen LogP contribution in [0.4, 0.5) is 0 Å². The molecule has 0 radical (unpaired) electrons. The van der Waals surface area contributed by atoms with Gasteiger partial charge in [-0.2, -0.15) is 4.31 Å². The van der Waals surface area contributed by atoms with Crippen LogP contribution in [0.2, 0.25) is 5.02 Å². The van der Waals surface area contributed by atoms with Crippen LogP contribution in [0.3, 0.4) is 0 Å². The lowest BCUT2D eigenvalue weighted by Crippen LogP contribution is -2.40. The van der Waals surface area contributed by atoms with Crippen molar-refractivity contribution in [1.29, 1.82) is 0 Å². The molecule has 8 nitrogen and oxygen atoms in total. The number of thioether (sulfide) groups is 1. The number of carbonyl (C=O) groups excluding carboxylic acids is 1. The van der Waals surface area contributed by atoms with Crippen LogP contribution in [-0.4, -0.2) is 52.7 Å². The third-order valence-corrected chi connectivity index (χ3v) is 7.11. The fourth-order valence-electron chi connectivity index (χ4n) is 2.70. The molecule has 0 saturated carbocycles. The second-order valence-electron chi connectivity index (χ2n) is 6.61. The number of aromatic amines is 1. The topological polar surface area (TPSA) is 108 Å². The van der Waals surface area contributed by atoms with Crippen molar-refractivity contribution in [3.63, 3.8) is 0 Å². The second-order valence-corrected chi connectivity index (χ2v) is 10.1.